The molecule has 6 heteroatoms. The third-order valence-corrected chi connectivity index (χ3v) is 5.01. The van der Waals surface area contributed by atoms with Crippen LogP contribution in [0, 0.1) is 0 Å². The third kappa shape index (κ3) is 4.59. The largest absolute Gasteiger partial charge is 0.349 e. The molecule has 2 fully saturated rings. The van der Waals surface area contributed by atoms with E-state index in [1.54, 1.807) is 24.3 Å². The fourth-order valence-electron chi connectivity index (χ4n) is 3.62. The van der Waals surface area contributed by atoms with Crippen molar-refractivity contribution in [2.75, 3.05) is 5.32 Å². The molecule has 3 amide bonds. The number of rotatable bonds is 4. The van der Waals surface area contributed by atoms with Crippen molar-refractivity contribution in [2.24, 2.45) is 0 Å². The van der Waals surface area contributed by atoms with Gasteiger partial charge in [-0.1, -0.05) is 37.8 Å². The van der Waals surface area contributed by atoms with Crippen LogP contribution in [0.15, 0.2) is 24.3 Å². The van der Waals surface area contributed by atoms with Crippen molar-refractivity contribution in [3.63, 3.8) is 0 Å². The van der Waals surface area contributed by atoms with E-state index in [1.807, 2.05) is 0 Å². The van der Waals surface area contributed by atoms with Crippen LogP contribution in [-0.4, -0.2) is 29.8 Å². The molecule has 2 saturated carbocycles. The second-order valence-electron chi connectivity index (χ2n) is 6.91. The van der Waals surface area contributed by atoms with Gasteiger partial charge in [-0.25, -0.2) is 0 Å². The number of amides is 3. The smallest absolute Gasteiger partial charge is 0.313 e. The molecule has 134 valence electrons. The van der Waals surface area contributed by atoms with E-state index < -0.39 is 11.8 Å². The lowest BCUT2D eigenvalue weighted by Gasteiger charge is -2.15. The average molecular weight is 343 g/mol. The van der Waals surface area contributed by atoms with Crippen LogP contribution in [0.2, 0.25) is 0 Å². The van der Waals surface area contributed by atoms with E-state index in [4.69, 9.17) is 0 Å². The summed E-state index contributed by atoms with van der Waals surface area (Å²) in [4.78, 5) is 36.7. The number of carbonyl (C=O) groups is 3. The lowest BCUT2D eigenvalue weighted by atomic mass is 10.1. The molecule has 1 aromatic rings. The summed E-state index contributed by atoms with van der Waals surface area (Å²) in [5.74, 6) is -1.58. The van der Waals surface area contributed by atoms with E-state index in [9.17, 15) is 14.4 Å². The summed E-state index contributed by atoms with van der Waals surface area (Å²) in [6, 6.07) is 7.06. The van der Waals surface area contributed by atoms with E-state index >= 15 is 0 Å². The molecule has 3 N–H and O–H groups in total. The molecule has 0 heterocycles. The lowest BCUT2D eigenvalue weighted by molar-refractivity contribution is -0.136. The SMILES string of the molecule is O=C(Nc1ccccc1C(=O)NC1CCCC1)C(=O)NC1CCCC1. The Morgan fingerprint density at radius 3 is 1.96 bits per heavy atom. The number of nitrogens with one attached hydrogen (secondary N) is 3. The number of para-hydroxylation sites is 1. The summed E-state index contributed by atoms with van der Waals surface area (Å²) in [6.45, 7) is 0. The first-order valence-corrected chi connectivity index (χ1v) is 9.15. The minimum atomic E-state index is -0.729. The van der Waals surface area contributed by atoms with E-state index in [2.05, 4.69) is 16.0 Å². The zero-order chi connectivity index (χ0) is 17.6. The molecule has 3 rings (SSSR count). The standard InChI is InChI=1S/C19H25N3O3/c23-17(20-13-7-1-2-8-13)15-11-5-6-12-16(15)22-19(25)18(24)21-14-9-3-4-10-14/h5-6,11-14H,1-4,7-10H2,(H,20,23)(H,21,24)(H,22,25). The molecule has 0 aromatic heterocycles. The molecule has 1 aromatic carbocycles. The van der Waals surface area contributed by atoms with Crippen LogP contribution in [-0.2, 0) is 9.59 Å². The minimum Gasteiger partial charge on any atom is -0.349 e. The fraction of sp³-hybridized carbons (Fsp3) is 0.526. The topological polar surface area (TPSA) is 87.3 Å². The highest BCUT2D eigenvalue weighted by molar-refractivity contribution is 6.40. The maximum atomic E-state index is 12.5. The van der Waals surface area contributed by atoms with E-state index in [-0.39, 0.29) is 18.0 Å². The van der Waals surface area contributed by atoms with Gasteiger partial charge >= 0.3 is 11.8 Å². The lowest BCUT2D eigenvalue weighted by Crippen LogP contribution is -2.41. The third-order valence-electron chi connectivity index (χ3n) is 5.01. The van der Waals surface area contributed by atoms with E-state index in [0.717, 1.165) is 51.4 Å². The van der Waals surface area contributed by atoms with Crippen molar-refractivity contribution in [1.82, 2.24) is 10.6 Å². The van der Waals surface area contributed by atoms with Crippen LogP contribution in [0.25, 0.3) is 0 Å². The molecular formula is C19H25N3O3. The highest BCUT2D eigenvalue weighted by atomic mass is 16.2. The van der Waals surface area contributed by atoms with Gasteiger partial charge in [-0.3, -0.25) is 14.4 Å². The summed E-state index contributed by atoms with van der Waals surface area (Å²) in [7, 11) is 0. The number of hydrogen-bond acceptors (Lipinski definition) is 3. The quantitative estimate of drug-likeness (QED) is 0.734. The van der Waals surface area contributed by atoms with Crippen molar-refractivity contribution < 1.29 is 14.4 Å². The van der Waals surface area contributed by atoms with Crippen molar-refractivity contribution in [1.29, 1.82) is 0 Å². The molecule has 2 aliphatic rings. The number of benzene rings is 1. The summed E-state index contributed by atoms with van der Waals surface area (Å²) in [6.07, 6.45) is 8.23. The first-order valence-electron chi connectivity index (χ1n) is 9.15. The zero-order valence-electron chi connectivity index (χ0n) is 14.3. The molecule has 2 aliphatic carbocycles. The average Bonchev–Trinajstić information content (AvgIpc) is 3.29. The first kappa shape index (κ1) is 17.5. The van der Waals surface area contributed by atoms with Crippen molar-refractivity contribution in [2.45, 2.75) is 63.5 Å². The van der Waals surface area contributed by atoms with Gasteiger partial charge in [-0.2, -0.15) is 0 Å². The fourth-order valence-corrected chi connectivity index (χ4v) is 3.62. The second kappa shape index (κ2) is 8.14. The summed E-state index contributed by atoms with van der Waals surface area (Å²) >= 11 is 0. The Labute approximate surface area is 147 Å². The van der Waals surface area contributed by atoms with Crippen LogP contribution in [0.1, 0.15) is 61.7 Å². The van der Waals surface area contributed by atoms with Crippen LogP contribution < -0.4 is 16.0 Å². The van der Waals surface area contributed by atoms with Gasteiger partial charge in [0.15, 0.2) is 0 Å². The summed E-state index contributed by atoms with van der Waals surface area (Å²) < 4.78 is 0. The van der Waals surface area contributed by atoms with Crippen LogP contribution in [0.5, 0.6) is 0 Å². The maximum Gasteiger partial charge on any atom is 0.313 e. The van der Waals surface area contributed by atoms with Gasteiger partial charge in [0, 0.05) is 12.1 Å². The Balaban J connectivity index is 1.62. The van der Waals surface area contributed by atoms with Crippen LogP contribution >= 0.6 is 0 Å². The Hall–Kier alpha value is -2.37. The predicted molar refractivity (Wildman–Crippen MR) is 95.2 cm³/mol. The normalized spacial score (nSPS) is 18.1. The molecular weight excluding hydrogens is 318 g/mol. The molecule has 0 unspecified atom stereocenters. The van der Waals surface area contributed by atoms with Crippen LogP contribution in [0.4, 0.5) is 5.69 Å². The number of anilines is 1. The molecule has 0 bridgehead atoms. The molecule has 6 nitrogen and oxygen atoms in total. The van der Waals surface area contributed by atoms with E-state index in [0.29, 0.717) is 11.3 Å². The predicted octanol–water partition coefficient (Wildman–Crippen LogP) is 2.36. The number of carbonyl (C=O) groups excluding carboxylic acids is 3. The van der Waals surface area contributed by atoms with Gasteiger partial charge in [0.2, 0.25) is 0 Å². The zero-order valence-corrected chi connectivity index (χ0v) is 14.3. The molecule has 0 saturated heterocycles. The monoisotopic (exact) mass is 343 g/mol. The molecule has 0 aliphatic heterocycles. The van der Waals surface area contributed by atoms with E-state index in [1.165, 1.54) is 0 Å². The van der Waals surface area contributed by atoms with Crippen molar-refractivity contribution in [3.8, 4) is 0 Å². The van der Waals surface area contributed by atoms with Gasteiger partial charge in [0.1, 0.15) is 0 Å². The second-order valence-corrected chi connectivity index (χ2v) is 6.91. The number of hydrogen-bond donors (Lipinski definition) is 3. The van der Waals surface area contributed by atoms with Gasteiger partial charge in [-0.05, 0) is 37.8 Å². The molecule has 25 heavy (non-hydrogen) atoms. The van der Waals surface area contributed by atoms with Crippen LogP contribution in [0.3, 0.4) is 0 Å². The van der Waals surface area contributed by atoms with Crippen molar-refractivity contribution in [3.05, 3.63) is 29.8 Å². The highest BCUT2D eigenvalue weighted by Crippen LogP contribution is 2.21. The van der Waals surface area contributed by atoms with Gasteiger partial charge in [0.25, 0.3) is 5.91 Å². The Morgan fingerprint density at radius 1 is 0.760 bits per heavy atom. The molecule has 0 spiro atoms. The minimum absolute atomic E-state index is 0.0826. The van der Waals surface area contributed by atoms with Gasteiger partial charge < -0.3 is 16.0 Å². The maximum absolute atomic E-state index is 12.5. The molecule has 0 atom stereocenters. The molecule has 0 radical (unpaired) electrons. The van der Waals surface area contributed by atoms with Gasteiger partial charge in [-0.15, -0.1) is 0 Å². The Kier molecular flexibility index (Phi) is 5.68. The van der Waals surface area contributed by atoms with Crippen molar-refractivity contribution >= 4 is 23.4 Å². The summed E-state index contributed by atoms with van der Waals surface area (Å²) in [5, 5.41) is 8.34. The Morgan fingerprint density at radius 2 is 1.32 bits per heavy atom. The summed E-state index contributed by atoms with van der Waals surface area (Å²) in [5.41, 5.74) is 0.751. The highest BCUT2D eigenvalue weighted by Gasteiger charge is 2.24. The Bertz CT molecular complexity index is 647. The first-order chi connectivity index (χ1) is 12.1. The van der Waals surface area contributed by atoms with Gasteiger partial charge in [0.05, 0.1) is 11.3 Å².